The highest BCUT2D eigenvalue weighted by Crippen LogP contribution is 2.31. The fraction of sp³-hybridized carbons (Fsp3) is 0.429. The molecule has 0 N–H and O–H groups in total. The maximum Gasteiger partial charge on any atom is 0.416 e. The summed E-state index contributed by atoms with van der Waals surface area (Å²) in [7, 11) is 0. The minimum absolute atomic E-state index is 0.197. The lowest BCUT2D eigenvalue weighted by atomic mass is 9.97. The van der Waals surface area contributed by atoms with E-state index in [0.717, 1.165) is 12.1 Å². The summed E-state index contributed by atoms with van der Waals surface area (Å²) in [6, 6.07) is 4.46. The summed E-state index contributed by atoms with van der Waals surface area (Å²) in [6.45, 7) is 2.81. The quantitative estimate of drug-likeness (QED) is 0.622. The highest BCUT2D eigenvalue weighted by molar-refractivity contribution is 5.96. The summed E-state index contributed by atoms with van der Waals surface area (Å²) >= 11 is 0. The normalized spacial score (nSPS) is 19.1. The lowest BCUT2D eigenvalue weighted by molar-refractivity contribution is -0.239. The predicted octanol–water partition coefficient (Wildman–Crippen LogP) is 2.70. The van der Waals surface area contributed by atoms with Gasteiger partial charge in [0.15, 0.2) is 5.92 Å². The Morgan fingerprint density at radius 3 is 2.24 bits per heavy atom. The van der Waals surface area contributed by atoms with Crippen molar-refractivity contribution in [3.8, 4) is 0 Å². The number of benzene rings is 1. The fourth-order valence-corrected chi connectivity index (χ4v) is 2.02. The van der Waals surface area contributed by atoms with Crippen LogP contribution in [0.15, 0.2) is 24.3 Å². The molecule has 1 fully saturated rings. The van der Waals surface area contributed by atoms with E-state index in [2.05, 4.69) is 0 Å². The SMILES string of the molecule is CC1(C)OC(=O)C(Cc2cccc(C(F)(F)F)c2)C(=O)O1. The van der Waals surface area contributed by atoms with E-state index >= 15 is 0 Å². The minimum atomic E-state index is -4.48. The third-order valence-electron chi connectivity index (χ3n) is 2.96. The van der Waals surface area contributed by atoms with E-state index in [1.165, 1.54) is 26.0 Å². The first-order valence-electron chi connectivity index (χ1n) is 6.20. The molecule has 0 aliphatic carbocycles. The van der Waals surface area contributed by atoms with Crippen molar-refractivity contribution in [2.75, 3.05) is 0 Å². The van der Waals surface area contributed by atoms with Crippen LogP contribution in [0.25, 0.3) is 0 Å². The number of esters is 2. The number of hydrogen-bond acceptors (Lipinski definition) is 4. The molecule has 0 saturated carbocycles. The van der Waals surface area contributed by atoms with Gasteiger partial charge in [-0.3, -0.25) is 9.59 Å². The van der Waals surface area contributed by atoms with Gasteiger partial charge in [-0.25, -0.2) is 0 Å². The second kappa shape index (κ2) is 5.05. The van der Waals surface area contributed by atoms with Crippen LogP contribution in [0.2, 0.25) is 0 Å². The first kappa shape index (κ1) is 15.3. The number of carbonyl (C=O) groups excluding carboxylic acids is 2. The van der Waals surface area contributed by atoms with Crippen LogP contribution in [-0.2, 0) is 31.7 Å². The minimum Gasteiger partial charge on any atom is -0.422 e. The fourth-order valence-electron chi connectivity index (χ4n) is 2.02. The summed E-state index contributed by atoms with van der Waals surface area (Å²) in [5.41, 5.74) is -0.624. The molecule has 2 rings (SSSR count). The van der Waals surface area contributed by atoms with Crippen LogP contribution >= 0.6 is 0 Å². The van der Waals surface area contributed by atoms with Crippen molar-refractivity contribution in [1.82, 2.24) is 0 Å². The molecule has 0 amide bonds. The van der Waals surface area contributed by atoms with E-state index in [-0.39, 0.29) is 12.0 Å². The number of rotatable bonds is 2. The Balaban J connectivity index is 2.19. The zero-order chi connectivity index (χ0) is 15.8. The van der Waals surface area contributed by atoms with Gasteiger partial charge in [-0.1, -0.05) is 18.2 Å². The molecule has 0 atom stereocenters. The molecular formula is C14H13F3O4. The second-order valence-corrected chi connectivity index (χ2v) is 5.20. The number of cyclic esters (lactones) is 2. The van der Waals surface area contributed by atoms with Crippen LogP contribution in [0.3, 0.4) is 0 Å². The summed E-state index contributed by atoms with van der Waals surface area (Å²) in [5, 5.41) is 0. The molecule has 0 radical (unpaired) electrons. The van der Waals surface area contributed by atoms with Crippen LogP contribution in [0.1, 0.15) is 25.0 Å². The van der Waals surface area contributed by atoms with Crippen molar-refractivity contribution < 1.29 is 32.2 Å². The number of alkyl halides is 3. The van der Waals surface area contributed by atoms with E-state index < -0.39 is 35.4 Å². The second-order valence-electron chi connectivity index (χ2n) is 5.20. The van der Waals surface area contributed by atoms with Crippen LogP contribution in [0.5, 0.6) is 0 Å². The van der Waals surface area contributed by atoms with Gasteiger partial charge in [0.1, 0.15) is 0 Å². The molecule has 1 aliphatic heterocycles. The lowest BCUT2D eigenvalue weighted by Crippen LogP contribution is -2.46. The van der Waals surface area contributed by atoms with Crippen LogP contribution in [0, 0.1) is 5.92 Å². The Bertz CT molecular complexity index is 558. The molecule has 0 bridgehead atoms. The molecule has 1 heterocycles. The Morgan fingerprint density at radius 2 is 1.71 bits per heavy atom. The smallest absolute Gasteiger partial charge is 0.416 e. The number of halogens is 3. The standard InChI is InChI=1S/C14H13F3O4/c1-13(2)20-11(18)10(12(19)21-13)7-8-4-3-5-9(6-8)14(15,16)17/h3-6,10H,7H2,1-2H3. The monoisotopic (exact) mass is 302 g/mol. The van der Waals surface area contributed by atoms with Gasteiger partial charge >= 0.3 is 18.1 Å². The topological polar surface area (TPSA) is 52.6 Å². The highest BCUT2D eigenvalue weighted by Gasteiger charge is 2.43. The van der Waals surface area contributed by atoms with E-state index in [0.29, 0.717) is 0 Å². The molecule has 0 aromatic heterocycles. The maximum absolute atomic E-state index is 12.6. The highest BCUT2D eigenvalue weighted by atomic mass is 19.4. The van der Waals surface area contributed by atoms with Gasteiger partial charge in [0.05, 0.1) is 5.56 Å². The lowest BCUT2D eigenvalue weighted by Gasteiger charge is -2.32. The number of ether oxygens (including phenoxy) is 2. The summed E-state index contributed by atoms with van der Waals surface area (Å²) in [5.74, 6) is -4.19. The van der Waals surface area contributed by atoms with E-state index in [1.54, 1.807) is 0 Å². The predicted molar refractivity (Wildman–Crippen MR) is 64.9 cm³/mol. The molecule has 0 unspecified atom stereocenters. The molecule has 1 aromatic rings. The molecule has 0 spiro atoms. The summed E-state index contributed by atoms with van der Waals surface area (Å²) in [4.78, 5) is 23.5. The van der Waals surface area contributed by atoms with Gasteiger partial charge in [-0.15, -0.1) is 0 Å². The van der Waals surface area contributed by atoms with Crippen LogP contribution in [0.4, 0.5) is 13.2 Å². The molecule has 114 valence electrons. The molecule has 1 saturated heterocycles. The van der Waals surface area contributed by atoms with Crippen molar-refractivity contribution in [2.24, 2.45) is 5.92 Å². The van der Waals surface area contributed by atoms with Crippen LogP contribution in [-0.4, -0.2) is 17.7 Å². The summed E-state index contributed by atoms with van der Waals surface area (Å²) < 4.78 is 47.7. The van der Waals surface area contributed by atoms with Crippen molar-refractivity contribution in [2.45, 2.75) is 32.2 Å². The third-order valence-corrected chi connectivity index (χ3v) is 2.96. The van der Waals surface area contributed by atoms with Crippen LogP contribution < -0.4 is 0 Å². The molecule has 7 heteroatoms. The Hall–Kier alpha value is -2.05. The van der Waals surface area contributed by atoms with Gasteiger partial charge in [0, 0.05) is 13.8 Å². The zero-order valence-corrected chi connectivity index (χ0v) is 11.4. The number of carbonyl (C=O) groups is 2. The van der Waals surface area contributed by atoms with Gasteiger partial charge in [0.25, 0.3) is 5.79 Å². The van der Waals surface area contributed by atoms with Crippen molar-refractivity contribution in [1.29, 1.82) is 0 Å². The Labute approximate surface area is 118 Å². The van der Waals surface area contributed by atoms with Gasteiger partial charge in [0.2, 0.25) is 0 Å². The molecule has 1 aliphatic rings. The summed E-state index contributed by atoms with van der Waals surface area (Å²) in [6.07, 6.45) is -4.68. The number of hydrogen-bond donors (Lipinski definition) is 0. The molecule has 1 aromatic carbocycles. The van der Waals surface area contributed by atoms with Gasteiger partial charge in [-0.2, -0.15) is 13.2 Å². The molecule has 4 nitrogen and oxygen atoms in total. The van der Waals surface area contributed by atoms with Crippen molar-refractivity contribution in [3.05, 3.63) is 35.4 Å². The Morgan fingerprint density at radius 1 is 1.14 bits per heavy atom. The first-order valence-corrected chi connectivity index (χ1v) is 6.20. The molecular weight excluding hydrogens is 289 g/mol. The third kappa shape index (κ3) is 3.53. The Kier molecular flexibility index (Phi) is 3.69. The van der Waals surface area contributed by atoms with E-state index in [9.17, 15) is 22.8 Å². The molecule has 21 heavy (non-hydrogen) atoms. The largest absolute Gasteiger partial charge is 0.422 e. The average molecular weight is 302 g/mol. The van der Waals surface area contributed by atoms with Crippen molar-refractivity contribution >= 4 is 11.9 Å². The first-order chi connectivity index (χ1) is 9.58. The zero-order valence-electron chi connectivity index (χ0n) is 11.4. The van der Waals surface area contributed by atoms with E-state index in [4.69, 9.17) is 9.47 Å². The van der Waals surface area contributed by atoms with Gasteiger partial charge in [-0.05, 0) is 18.1 Å². The average Bonchev–Trinajstić information content (AvgIpc) is 2.32. The maximum atomic E-state index is 12.6. The van der Waals surface area contributed by atoms with E-state index in [1.807, 2.05) is 0 Å². The van der Waals surface area contributed by atoms with Crippen molar-refractivity contribution in [3.63, 3.8) is 0 Å². The van der Waals surface area contributed by atoms with Gasteiger partial charge < -0.3 is 9.47 Å².